The molecule has 0 aliphatic heterocycles. The van der Waals surface area contributed by atoms with E-state index in [2.05, 4.69) is 0 Å². The normalized spacial score (nSPS) is 10.6. The molecule has 16 heavy (non-hydrogen) atoms. The number of carbonyl (C=O) groups is 1. The van der Waals surface area contributed by atoms with Crippen molar-refractivity contribution in [3.63, 3.8) is 0 Å². The van der Waals surface area contributed by atoms with Crippen LogP contribution in [0.2, 0.25) is 10.0 Å². The van der Waals surface area contributed by atoms with E-state index in [0.717, 1.165) is 4.90 Å². The summed E-state index contributed by atoms with van der Waals surface area (Å²) in [6, 6.07) is 5.26. The molecule has 0 bridgehead atoms. The van der Waals surface area contributed by atoms with Crippen molar-refractivity contribution in [2.45, 2.75) is 24.8 Å². The van der Waals surface area contributed by atoms with Gasteiger partial charge in [0, 0.05) is 4.90 Å². The van der Waals surface area contributed by atoms with Gasteiger partial charge in [0.05, 0.1) is 21.9 Å². The van der Waals surface area contributed by atoms with Crippen LogP contribution >= 0.6 is 35.0 Å². The number of carbonyl (C=O) groups excluding carboxylic acids is 1. The first kappa shape index (κ1) is 13.7. The molecular formula is C11H12Cl2O2S. The van der Waals surface area contributed by atoms with Crippen molar-refractivity contribution >= 4 is 40.9 Å². The predicted molar refractivity (Wildman–Crippen MR) is 68.4 cm³/mol. The molecule has 0 unspecified atom stereocenters. The van der Waals surface area contributed by atoms with Crippen LogP contribution < -0.4 is 0 Å². The quantitative estimate of drug-likeness (QED) is 0.614. The number of esters is 1. The number of hydrogen-bond acceptors (Lipinski definition) is 3. The Kier molecular flexibility index (Phi) is 5.46. The Hall–Kier alpha value is -0.380. The number of thioether (sulfide) groups is 1. The van der Waals surface area contributed by atoms with Crippen molar-refractivity contribution < 1.29 is 9.53 Å². The summed E-state index contributed by atoms with van der Waals surface area (Å²) < 4.78 is 5.01. The van der Waals surface area contributed by atoms with Crippen molar-refractivity contribution in [1.82, 2.24) is 0 Å². The molecule has 0 amide bonds. The maximum absolute atomic E-state index is 11.3. The lowest BCUT2D eigenvalue weighted by atomic mass is 10.4. The third-order valence-electron chi connectivity index (χ3n) is 1.61. The van der Waals surface area contributed by atoms with Gasteiger partial charge in [-0.2, -0.15) is 0 Å². The van der Waals surface area contributed by atoms with Crippen LogP contribution in [0.4, 0.5) is 0 Å². The van der Waals surface area contributed by atoms with Gasteiger partial charge in [-0.15, -0.1) is 11.8 Å². The Morgan fingerprint density at radius 3 is 2.62 bits per heavy atom. The summed E-state index contributed by atoms with van der Waals surface area (Å²) in [5.74, 6) is 0.0435. The van der Waals surface area contributed by atoms with E-state index in [1.165, 1.54) is 11.8 Å². The van der Waals surface area contributed by atoms with E-state index in [9.17, 15) is 4.79 Å². The van der Waals surface area contributed by atoms with Crippen LogP contribution in [0.15, 0.2) is 23.1 Å². The number of halogens is 2. The molecule has 0 fully saturated rings. The molecular weight excluding hydrogens is 267 g/mol. The average molecular weight is 279 g/mol. The fourth-order valence-corrected chi connectivity index (χ4v) is 2.09. The fourth-order valence-electron chi connectivity index (χ4n) is 1.01. The van der Waals surface area contributed by atoms with Crippen LogP contribution in [0.1, 0.15) is 13.8 Å². The van der Waals surface area contributed by atoms with Crippen LogP contribution in [-0.4, -0.2) is 17.8 Å². The smallest absolute Gasteiger partial charge is 0.316 e. The van der Waals surface area contributed by atoms with E-state index in [1.54, 1.807) is 12.1 Å². The molecule has 0 heterocycles. The molecule has 0 atom stereocenters. The zero-order valence-electron chi connectivity index (χ0n) is 9.00. The molecule has 0 aliphatic rings. The highest BCUT2D eigenvalue weighted by molar-refractivity contribution is 8.00. The summed E-state index contributed by atoms with van der Waals surface area (Å²) in [6.45, 7) is 3.64. The van der Waals surface area contributed by atoms with E-state index in [-0.39, 0.29) is 17.8 Å². The molecule has 0 saturated heterocycles. The molecule has 1 rings (SSSR count). The minimum absolute atomic E-state index is 0.0816. The van der Waals surface area contributed by atoms with Gasteiger partial charge >= 0.3 is 5.97 Å². The minimum Gasteiger partial charge on any atom is -0.462 e. The summed E-state index contributed by atoms with van der Waals surface area (Å²) >= 11 is 13.0. The highest BCUT2D eigenvalue weighted by Crippen LogP contribution is 2.27. The fraction of sp³-hybridized carbons (Fsp3) is 0.364. The molecule has 1 aromatic rings. The lowest BCUT2D eigenvalue weighted by molar-refractivity contribution is -0.144. The molecule has 0 saturated carbocycles. The lowest BCUT2D eigenvalue weighted by Gasteiger charge is -2.07. The van der Waals surface area contributed by atoms with E-state index >= 15 is 0 Å². The van der Waals surface area contributed by atoms with Crippen molar-refractivity contribution in [2.24, 2.45) is 0 Å². The van der Waals surface area contributed by atoms with E-state index in [4.69, 9.17) is 27.9 Å². The van der Waals surface area contributed by atoms with Gasteiger partial charge in [0.15, 0.2) is 0 Å². The van der Waals surface area contributed by atoms with Crippen molar-refractivity contribution in [1.29, 1.82) is 0 Å². The minimum atomic E-state index is -0.230. The number of hydrogen-bond donors (Lipinski definition) is 0. The first-order valence-electron chi connectivity index (χ1n) is 4.76. The highest BCUT2D eigenvalue weighted by Gasteiger charge is 2.07. The molecule has 0 radical (unpaired) electrons. The van der Waals surface area contributed by atoms with Gasteiger partial charge in [-0.3, -0.25) is 4.79 Å². The first-order chi connectivity index (χ1) is 7.49. The Morgan fingerprint density at radius 1 is 1.38 bits per heavy atom. The Morgan fingerprint density at radius 2 is 2.06 bits per heavy atom. The third-order valence-corrected chi connectivity index (χ3v) is 3.32. The Balaban J connectivity index is 2.48. The summed E-state index contributed by atoms with van der Waals surface area (Å²) in [5.41, 5.74) is 0. The van der Waals surface area contributed by atoms with Gasteiger partial charge in [0.1, 0.15) is 0 Å². The summed E-state index contributed by atoms with van der Waals surface area (Å²) in [6.07, 6.45) is -0.0816. The van der Waals surface area contributed by atoms with Gasteiger partial charge < -0.3 is 4.74 Å². The topological polar surface area (TPSA) is 26.3 Å². The SMILES string of the molecule is CC(C)OC(=O)CSc1ccc(Cl)c(Cl)c1. The Labute approximate surface area is 109 Å². The zero-order valence-corrected chi connectivity index (χ0v) is 11.3. The van der Waals surface area contributed by atoms with Crippen LogP contribution in [0.5, 0.6) is 0 Å². The first-order valence-corrected chi connectivity index (χ1v) is 6.50. The molecule has 0 spiro atoms. The van der Waals surface area contributed by atoms with E-state index in [1.807, 2.05) is 19.9 Å². The molecule has 0 aromatic heterocycles. The predicted octanol–water partition coefficient (Wildman–Crippen LogP) is 4.04. The maximum atomic E-state index is 11.3. The number of ether oxygens (including phenoxy) is 1. The summed E-state index contributed by atoms with van der Waals surface area (Å²) in [4.78, 5) is 12.2. The summed E-state index contributed by atoms with van der Waals surface area (Å²) in [5, 5.41) is 1.000. The van der Waals surface area contributed by atoms with Gasteiger partial charge in [0.25, 0.3) is 0 Å². The second-order valence-corrected chi connectivity index (χ2v) is 5.27. The second kappa shape index (κ2) is 6.38. The number of benzene rings is 1. The van der Waals surface area contributed by atoms with Crippen LogP contribution in [0.3, 0.4) is 0 Å². The molecule has 5 heteroatoms. The number of rotatable bonds is 4. The molecule has 88 valence electrons. The molecule has 1 aromatic carbocycles. The maximum Gasteiger partial charge on any atom is 0.316 e. The second-order valence-electron chi connectivity index (χ2n) is 3.40. The third kappa shape index (κ3) is 4.64. The standard InChI is InChI=1S/C11H12Cl2O2S/c1-7(2)15-11(14)6-16-8-3-4-9(12)10(13)5-8/h3-5,7H,6H2,1-2H3. The Bertz CT molecular complexity index is 380. The molecule has 0 aliphatic carbocycles. The molecule has 2 nitrogen and oxygen atoms in total. The summed E-state index contributed by atoms with van der Waals surface area (Å²) in [7, 11) is 0. The average Bonchev–Trinajstić information content (AvgIpc) is 2.19. The van der Waals surface area contributed by atoms with Gasteiger partial charge in [-0.25, -0.2) is 0 Å². The van der Waals surface area contributed by atoms with Gasteiger partial charge in [-0.05, 0) is 32.0 Å². The molecule has 0 N–H and O–H groups in total. The highest BCUT2D eigenvalue weighted by atomic mass is 35.5. The van der Waals surface area contributed by atoms with Gasteiger partial charge in [-0.1, -0.05) is 23.2 Å². The largest absolute Gasteiger partial charge is 0.462 e. The van der Waals surface area contributed by atoms with E-state index in [0.29, 0.717) is 10.0 Å². The monoisotopic (exact) mass is 278 g/mol. The van der Waals surface area contributed by atoms with Crippen molar-refractivity contribution in [3.05, 3.63) is 28.2 Å². The lowest BCUT2D eigenvalue weighted by Crippen LogP contribution is -2.13. The zero-order chi connectivity index (χ0) is 12.1. The van der Waals surface area contributed by atoms with Crippen molar-refractivity contribution in [2.75, 3.05) is 5.75 Å². The van der Waals surface area contributed by atoms with Crippen LogP contribution in [-0.2, 0) is 9.53 Å². The van der Waals surface area contributed by atoms with Crippen LogP contribution in [0.25, 0.3) is 0 Å². The van der Waals surface area contributed by atoms with Crippen LogP contribution in [0, 0.1) is 0 Å². The van der Waals surface area contributed by atoms with Gasteiger partial charge in [0.2, 0.25) is 0 Å². The van der Waals surface area contributed by atoms with E-state index < -0.39 is 0 Å². The van der Waals surface area contributed by atoms with Crippen molar-refractivity contribution in [3.8, 4) is 0 Å².